The van der Waals surface area contributed by atoms with Gasteiger partial charge in [0.2, 0.25) is 5.91 Å². The Kier molecular flexibility index (Phi) is 5.82. The number of hydrogen-bond acceptors (Lipinski definition) is 5. The molecule has 0 unspecified atom stereocenters. The van der Waals surface area contributed by atoms with Crippen molar-refractivity contribution < 1.29 is 9.59 Å². The van der Waals surface area contributed by atoms with E-state index in [-0.39, 0.29) is 18.2 Å². The number of carbonyl (C=O) groups is 2. The fraction of sp³-hybridized carbons (Fsp3) is 0.0588. The third kappa shape index (κ3) is 4.78. The summed E-state index contributed by atoms with van der Waals surface area (Å²) in [6, 6.07) is 8.28. The first kappa shape index (κ1) is 18.3. The Balaban J connectivity index is 1.57. The van der Waals surface area contributed by atoms with Gasteiger partial charge in [0, 0.05) is 5.38 Å². The van der Waals surface area contributed by atoms with Crippen LogP contribution in [0.15, 0.2) is 47.4 Å². The average Bonchev–Trinajstić information content (AvgIpc) is 3.15. The lowest BCUT2D eigenvalue weighted by molar-refractivity contribution is -0.115. The van der Waals surface area contributed by atoms with E-state index in [1.807, 2.05) is 0 Å². The van der Waals surface area contributed by atoms with Crippen molar-refractivity contribution >= 4 is 57.9 Å². The summed E-state index contributed by atoms with van der Waals surface area (Å²) in [4.78, 5) is 32.0. The molecule has 3 rings (SSSR count). The monoisotopic (exact) mass is 406 g/mol. The lowest BCUT2D eigenvalue weighted by atomic mass is 10.1. The predicted octanol–water partition coefficient (Wildman–Crippen LogP) is 4.28. The molecule has 6 nitrogen and oxygen atoms in total. The number of anilines is 2. The van der Waals surface area contributed by atoms with Gasteiger partial charge in [-0.25, -0.2) is 9.97 Å². The predicted molar refractivity (Wildman–Crippen MR) is 103 cm³/mol. The maximum atomic E-state index is 12.1. The van der Waals surface area contributed by atoms with Gasteiger partial charge in [-0.3, -0.25) is 9.59 Å². The summed E-state index contributed by atoms with van der Waals surface area (Å²) in [7, 11) is 0. The van der Waals surface area contributed by atoms with Gasteiger partial charge in [0.25, 0.3) is 5.91 Å². The van der Waals surface area contributed by atoms with Crippen molar-refractivity contribution in [2.75, 3.05) is 10.6 Å². The minimum Gasteiger partial charge on any atom is -0.324 e. The van der Waals surface area contributed by atoms with E-state index in [9.17, 15) is 9.59 Å². The summed E-state index contributed by atoms with van der Waals surface area (Å²) in [6.45, 7) is 0. The SMILES string of the molecule is O=C(Cc1ccc(Cl)c(Cl)c1)Nc1ccc(NC(=O)c2cscn2)nc1. The topological polar surface area (TPSA) is 84.0 Å². The molecule has 2 aromatic heterocycles. The highest BCUT2D eigenvalue weighted by Crippen LogP contribution is 2.23. The molecule has 0 atom stereocenters. The molecule has 0 bridgehead atoms. The van der Waals surface area contributed by atoms with Crippen LogP contribution in [-0.4, -0.2) is 21.8 Å². The van der Waals surface area contributed by atoms with Gasteiger partial charge in [-0.1, -0.05) is 29.3 Å². The third-order valence-corrected chi connectivity index (χ3v) is 4.63. The minimum atomic E-state index is -0.338. The van der Waals surface area contributed by atoms with Crippen molar-refractivity contribution in [3.05, 3.63) is 68.7 Å². The van der Waals surface area contributed by atoms with Crippen LogP contribution in [0.5, 0.6) is 0 Å². The Labute approximate surface area is 163 Å². The highest BCUT2D eigenvalue weighted by molar-refractivity contribution is 7.07. The number of thiazole rings is 1. The summed E-state index contributed by atoms with van der Waals surface area (Å²) in [6.07, 6.45) is 1.61. The fourth-order valence-electron chi connectivity index (χ4n) is 2.09. The van der Waals surface area contributed by atoms with Crippen LogP contribution in [0.25, 0.3) is 0 Å². The van der Waals surface area contributed by atoms with E-state index in [4.69, 9.17) is 23.2 Å². The molecule has 0 fully saturated rings. The molecule has 3 aromatic rings. The first-order valence-corrected chi connectivity index (χ1v) is 9.10. The zero-order valence-electron chi connectivity index (χ0n) is 13.2. The first-order chi connectivity index (χ1) is 12.5. The molecule has 0 saturated carbocycles. The zero-order valence-corrected chi connectivity index (χ0v) is 15.5. The van der Waals surface area contributed by atoms with Crippen LogP contribution >= 0.6 is 34.5 Å². The molecular weight excluding hydrogens is 395 g/mol. The van der Waals surface area contributed by atoms with Crippen LogP contribution in [0, 0.1) is 0 Å². The van der Waals surface area contributed by atoms with E-state index in [1.54, 1.807) is 41.2 Å². The molecule has 0 aliphatic rings. The Bertz CT molecular complexity index is 930. The molecule has 0 radical (unpaired) electrons. The van der Waals surface area contributed by atoms with Gasteiger partial charge in [0.15, 0.2) is 0 Å². The molecular formula is C17H12Cl2N4O2S. The molecule has 2 amide bonds. The van der Waals surface area contributed by atoms with Crippen molar-refractivity contribution in [3.8, 4) is 0 Å². The summed E-state index contributed by atoms with van der Waals surface area (Å²) in [5.41, 5.74) is 3.17. The van der Waals surface area contributed by atoms with Crippen LogP contribution < -0.4 is 10.6 Å². The average molecular weight is 407 g/mol. The van der Waals surface area contributed by atoms with Crippen LogP contribution in [0.3, 0.4) is 0 Å². The van der Waals surface area contributed by atoms with Gasteiger partial charge in [-0.2, -0.15) is 0 Å². The second-order valence-electron chi connectivity index (χ2n) is 5.23. The number of carbonyl (C=O) groups excluding carboxylic acids is 2. The second-order valence-corrected chi connectivity index (χ2v) is 6.77. The van der Waals surface area contributed by atoms with Crippen LogP contribution in [-0.2, 0) is 11.2 Å². The Morgan fingerprint density at radius 1 is 1.04 bits per heavy atom. The maximum Gasteiger partial charge on any atom is 0.276 e. The van der Waals surface area contributed by atoms with Gasteiger partial charge in [-0.15, -0.1) is 11.3 Å². The molecule has 0 saturated heterocycles. The van der Waals surface area contributed by atoms with E-state index in [0.29, 0.717) is 27.2 Å². The normalized spacial score (nSPS) is 10.4. The number of amides is 2. The van der Waals surface area contributed by atoms with Crippen molar-refractivity contribution in [2.24, 2.45) is 0 Å². The van der Waals surface area contributed by atoms with Crippen molar-refractivity contribution in [1.82, 2.24) is 9.97 Å². The fourth-order valence-corrected chi connectivity index (χ4v) is 2.94. The minimum absolute atomic E-state index is 0.152. The van der Waals surface area contributed by atoms with Crippen molar-refractivity contribution in [1.29, 1.82) is 0 Å². The van der Waals surface area contributed by atoms with Crippen molar-refractivity contribution in [2.45, 2.75) is 6.42 Å². The first-order valence-electron chi connectivity index (χ1n) is 7.40. The van der Waals surface area contributed by atoms with Gasteiger partial charge in [0.1, 0.15) is 11.5 Å². The van der Waals surface area contributed by atoms with Crippen LogP contribution in [0.1, 0.15) is 16.1 Å². The Hall–Kier alpha value is -2.48. The molecule has 0 aliphatic carbocycles. The van der Waals surface area contributed by atoms with Crippen molar-refractivity contribution in [3.63, 3.8) is 0 Å². The van der Waals surface area contributed by atoms with E-state index in [0.717, 1.165) is 5.56 Å². The van der Waals surface area contributed by atoms with Gasteiger partial charge in [-0.05, 0) is 29.8 Å². The number of pyridine rings is 1. The number of nitrogens with one attached hydrogen (secondary N) is 2. The van der Waals surface area contributed by atoms with E-state index in [2.05, 4.69) is 20.6 Å². The molecule has 0 aliphatic heterocycles. The lowest BCUT2D eigenvalue weighted by Crippen LogP contribution is -2.15. The summed E-state index contributed by atoms with van der Waals surface area (Å²) >= 11 is 13.1. The zero-order chi connectivity index (χ0) is 18.5. The largest absolute Gasteiger partial charge is 0.324 e. The van der Waals surface area contributed by atoms with Crippen LogP contribution in [0.4, 0.5) is 11.5 Å². The number of hydrogen-bond donors (Lipinski definition) is 2. The van der Waals surface area contributed by atoms with Crippen LogP contribution in [0.2, 0.25) is 10.0 Å². The number of nitrogens with zero attached hydrogens (tertiary/aromatic N) is 2. The van der Waals surface area contributed by atoms with Gasteiger partial charge >= 0.3 is 0 Å². The van der Waals surface area contributed by atoms with Gasteiger partial charge in [0.05, 0.1) is 33.9 Å². The number of aromatic nitrogens is 2. The lowest BCUT2D eigenvalue weighted by Gasteiger charge is -2.07. The highest BCUT2D eigenvalue weighted by atomic mass is 35.5. The highest BCUT2D eigenvalue weighted by Gasteiger charge is 2.10. The summed E-state index contributed by atoms with van der Waals surface area (Å²) in [5, 5.41) is 7.85. The third-order valence-electron chi connectivity index (χ3n) is 3.30. The summed E-state index contributed by atoms with van der Waals surface area (Å²) in [5.74, 6) is -0.190. The number of rotatable bonds is 5. The van der Waals surface area contributed by atoms with E-state index >= 15 is 0 Å². The molecule has 132 valence electrons. The molecule has 9 heteroatoms. The summed E-state index contributed by atoms with van der Waals surface area (Å²) < 4.78 is 0. The number of benzene rings is 1. The molecule has 0 spiro atoms. The maximum absolute atomic E-state index is 12.1. The molecule has 2 N–H and O–H groups in total. The van der Waals surface area contributed by atoms with E-state index in [1.165, 1.54) is 17.5 Å². The standard InChI is InChI=1S/C17H12Cl2N4O2S/c18-12-3-1-10(5-13(12)19)6-16(24)22-11-2-4-15(20-7-11)23-17(25)14-8-26-9-21-14/h1-5,7-9H,6H2,(H,22,24)(H,20,23,25). The molecule has 26 heavy (non-hydrogen) atoms. The number of halogens is 2. The molecule has 2 heterocycles. The smallest absolute Gasteiger partial charge is 0.276 e. The Morgan fingerprint density at radius 2 is 1.88 bits per heavy atom. The van der Waals surface area contributed by atoms with E-state index < -0.39 is 0 Å². The van der Waals surface area contributed by atoms with Gasteiger partial charge < -0.3 is 10.6 Å². The quantitative estimate of drug-likeness (QED) is 0.661. The second kappa shape index (κ2) is 8.27. The molecule has 1 aromatic carbocycles. The Morgan fingerprint density at radius 3 is 2.54 bits per heavy atom.